The molecular weight excluding hydrogens is 326 g/mol. The van der Waals surface area contributed by atoms with Crippen LogP contribution in [0.15, 0.2) is 36.4 Å². The first-order valence-corrected chi connectivity index (χ1v) is 8.50. The Morgan fingerprint density at radius 2 is 2.04 bits per heavy atom. The van der Waals surface area contributed by atoms with Crippen molar-refractivity contribution in [2.75, 3.05) is 25.2 Å². The van der Waals surface area contributed by atoms with Gasteiger partial charge in [-0.3, -0.25) is 4.90 Å². The zero-order chi connectivity index (χ0) is 17.2. The molecule has 0 bridgehead atoms. The first kappa shape index (κ1) is 16.1. The van der Waals surface area contributed by atoms with Gasteiger partial charge in [-0.05, 0) is 37.6 Å². The summed E-state index contributed by atoms with van der Waals surface area (Å²) in [6, 6.07) is 10.1. The van der Waals surface area contributed by atoms with Gasteiger partial charge in [0.25, 0.3) is 0 Å². The normalized spacial score (nSPS) is 19.8. The minimum Gasteiger partial charge on any atom is -0.454 e. The Bertz CT molecular complexity index is 769. The van der Waals surface area contributed by atoms with E-state index >= 15 is 0 Å². The maximum Gasteiger partial charge on any atom is 0.231 e. The van der Waals surface area contributed by atoms with E-state index in [-0.39, 0.29) is 12.8 Å². The molecule has 0 radical (unpaired) electrons. The lowest BCUT2D eigenvalue weighted by molar-refractivity contribution is 0.169. The fourth-order valence-electron chi connectivity index (χ4n) is 3.49. The summed E-state index contributed by atoms with van der Waals surface area (Å²) in [6.07, 6.45) is 2.05. The van der Waals surface area contributed by atoms with Crippen molar-refractivity contribution in [2.45, 2.75) is 25.4 Å². The van der Waals surface area contributed by atoms with Gasteiger partial charge in [0, 0.05) is 36.4 Å². The standard InChI is InChI=1S/C19H20F2N2O2/c20-16-7-6-14(9-17(16)21)22-15-4-2-8-23(11-15)10-13-3-1-5-18-19(13)25-12-24-18/h1,3,5-7,9,15,22H,2,4,8,10-12H2. The minimum absolute atomic E-state index is 0.201. The van der Waals surface area contributed by atoms with Gasteiger partial charge >= 0.3 is 0 Å². The lowest BCUT2D eigenvalue weighted by Crippen LogP contribution is -2.41. The molecule has 2 aromatic rings. The second-order valence-corrected chi connectivity index (χ2v) is 6.50. The second-order valence-electron chi connectivity index (χ2n) is 6.50. The average molecular weight is 346 g/mol. The van der Waals surface area contributed by atoms with Crippen LogP contribution < -0.4 is 14.8 Å². The molecule has 4 nitrogen and oxygen atoms in total. The highest BCUT2D eigenvalue weighted by Crippen LogP contribution is 2.36. The second kappa shape index (κ2) is 6.88. The fraction of sp³-hybridized carbons (Fsp3) is 0.368. The topological polar surface area (TPSA) is 33.7 Å². The number of halogens is 2. The van der Waals surface area contributed by atoms with Crippen molar-refractivity contribution < 1.29 is 18.3 Å². The molecule has 1 atom stereocenters. The summed E-state index contributed by atoms with van der Waals surface area (Å²) in [4.78, 5) is 2.35. The maximum atomic E-state index is 13.4. The van der Waals surface area contributed by atoms with E-state index in [1.54, 1.807) is 6.07 Å². The number of benzene rings is 2. The van der Waals surface area contributed by atoms with Gasteiger partial charge in [0.15, 0.2) is 23.1 Å². The number of anilines is 1. The van der Waals surface area contributed by atoms with Gasteiger partial charge in [-0.1, -0.05) is 12.1 Å². The summed E-state index contributed by atoms with van der Waals surface area (Å²) in [5.74, 6) is -0.0187. The predicted molar refractivity (Wildman–Crippen MR) is 90.8 cm³/mol. The van der Waals surface area contributed by atoms with Gasteiger partial charge in [0.2, 0.25) is 6.79 Å². The highest BCUT2D eigenvalue weighted by molar-refractivity contribution is 5.48. The summed E-state index contributed by atoms with van der Waals surface area (Å²) in [5.41, 5.74) is 1.73. The summed E-state index contributed by atoms with van der Waals surface area (Å²) >= 11 is 0. The molecule has 2 heterocycles. The third-order valence-corrected chi connectivity index (χ3v) is 4.67. The number of hydrogen-bond donors (Lipinski definition) is 1. The van der Waals surface area contributed by atoms with Crippen molar-refractivity contribution in [3.63, 3.8) is 0 Å². The Morgan fingerprint density at radius 1 is 1.12 bits per heavy atom. The van der Waals surface area contributed by atoms with E-state index in [0.717, 1.165) is 55.6 Å². The lowest BCUT2D eigenvalue weighted by Gasteiger charge is -2.33. The zero-order valence-electron chi connectivity index (χ0n) is 13.8. The Balaban J connectivity index is 1.41. The van der Waals surface area contributed by atoms with Crippen molar-refractivity contribution in [2.24, 2.45) is 0 Å². The summed E-state index contributed by atoms with van der Waals surface area (Å²) in [7, 11) is 0. The molecule has 1 saturated heterocycles. The molecule has 0 saturated carbocycles. The molecule has 4 rings (SSSR count). The number of likely N-dealkylation sites (tertiary alicyclic amines) is 1. The van der Waals surface area contributed by atoms with Gasteiger partial charge < -0.3 is 14.8 Å². The number of fused-ring (bicyclic) bond motifs is 1. The van der Waals surface area contributed by atoms with Crippen LogP contribution in [0, 0.1) is 11.6 Å². The molecule has 6 heteroatoms. The molecule has 2 aliphatic heterocycles. The Labute approximate surface area is 145 Å². The summed E-state index contributed by atoms with van der Waals surface area (Å²) in [5, 5.41) is 3.31. The molecule has 2 aliphatic rings. The summed E-state index contributed by atoms with van der Waals surface area (Å²) < 4.78 is 37.4. The number of nitrogens with zero attached hydrogens (tertiary/aromatic N) is 1. The van der Waals surface area contributed by atoms with E-state index < -0.39 is 11.6 Å². The van der Waals surface area contributed by atoms with Crippen LogP contribution in [0.4, 0.5) is 14.5 Å². The van der Waals surface area contributed by atoms with Crippen LogP contribution in [-0.4, -0.2) is 30.8 Å². The first-order chi connectivity index (χ1) is 12.2. The fourth-order valence-corrected chi connectivity index (χ4v) is 3.49. The van der Waals surface area contributed by atoms with Crippen LogP contribution in [0.25, 0.3) is 0 Å². The average Bonchev–Trinajstić information content (AvgIpc) is 3.08. The van der Waals surface area contributed by atoms with E-state index in [0.29, 0.717) is 5.69 Å². The molecule has 132 valence electrons. The van der Waals surface area contributed by atoms with Crippen LogP contribution in [-0.2, 0) is 6.54 Å². The van der Waals surface area contributed by atoms with Crippen molar-refractivity contribution in [1.82, 2.24) is 4.90 Å². The Hall–Kier alpha value is -2.34. The molecule has 0 spiro atoms. The molecule has 0 amide bonds. The molecule has 1 fully saturated rings. The molecule has 0 aromatic heterocycles. The van der Waals surface area contributed by atoms with Gasteiger partial charge in [-0.2, -0.15) is 0 Å². The van der Waals surface area contributed by atoms with Crippen LogP contribution in [0.2, 0.25) is 0 Å². The SMILES string of the molecule is Fc1ccc(NC2CCCN(Cc3cccc4c3OCO4)C2)cc1F. The molecule has 0 aliphatic carbocycles. The zero-order valence-corrected chi connectivity index (χ0v) is 13.8. The predicted octanol–water partition coefficient (Wildman–Crippen LogP) is 3.77. The third kappa shape index (κ3) is 3.54. The van der Waals surface area contributed by atoms with Crippen LogP contribution >= 0.6 is 0 Å². The quantitative estimate of drug-likeness (QED) is 0.914. The lowest BCUT2D eigenvalue weighted by atomic mass is 10.0. The number of ether oxygens (including phenoxy) is 2. The van der Waals surface area contributed by atoms with Gasteiger partial charge in [-0.25, -0.2) is 8.78 Å². The maximum absolute atomic E-state index is 13.4. The van der Waals surface area contributed by atoms with E-state index in [9.17, 15) is 8.78 Å². The number of rotatable bonds is 4. The number of piperidine rings is 1. The molecule has 2 aromatic carbocycles. The molecule has 1 N–H and O–H groups in total. The van der Waals surface area contributed by atoms with Crippen molar-refractivity contribution in [3.05, 3.63) is 53.6 Å². The molecule has 1 unspecified atom stereocenters. The molecule has 25 heavy (non-hydrogen) atoms. The van der Waals surface area contributed by atoms with Crippen LogP contribution in [0.1, 0.15) is 18.4 Å². The number of hydrogen-bond acceptors (Lipinski definition) is 4. The monoisotopic (exact) mass is 346 g/mol. The van der Waals surface area contributed by atoms with Crippen molar-refractivity contribution in [1.29, 1.82) is 0 Å². The largest absolute Gasteiger partial charge is 0.454 e. The number of nitrogens with one attached hydrogen (secondary N) is 1. The van der Waals surface area contributed by atoms with E-state index in [1.165, 1.54) is 6.07 Å². The van der Waals surface area contributed by atoms with Gasteiger partial charge in [0.05, 0.1) is 0 Å². The van der Waals surface area contributed by atoms with Crippen molar-refractivity contribution in [3.8, 4) is 11.5 Å². The summed E-state index contributed by atoms with van der Waals surface area (Å²) in [6.45, 7) is 2.89. The molecular formula is C19H20F2N2O2. The minimum atomic E-state index is -0.824. The Kier molecular flexibility index (Phi) is 4.44. The van der Waals surface area contributed by atoms with Crippen LogP contribution in [0.3, 0.4) is 0 Å². The first-order valence-electron chi connectivity index (χ1n) is 8.50. The highest BCUT2D eigenvalue weighted by atomic mass is 19.2. The highest BCUT2D eigenvalue weighted by Gasteiger charge is 2.23. The smallest absolute Gasteiger partial charge is 0.231 e. The van der Waals surface area contributed by atoms with Gasteiger partial charge in [0.1, 0.15) is 0 Å². The van der Waals surface area contributed by atoms with Crippen LogP contribution in [0.5, 0.6) is 11.5 Å². The number of para-hydroxylation sites is 1. The van der Waals surface area contributed by atoms with Gasteiger partial charge in [-0.15, -0.1) is 0 Å². The van der Waals surface area contributed by atoms with E-state index in [1.807, 2.05) is 12.1 Å². The van der Waals surface area contributed by atoms with Crippen molar-refractivity contribution >= 4 is 5.69 Å². The Morgan fingerprint density at radius 3 is 2.92 bits per heavy atom. The third-order valence-electron chi connectivity index (χ3n) is 4.67. The van der Waals surface area contributed by atoms with E-state index in [4.69, 9.17) is 9.47 Å². The van der Waals surface area contributed by atoms with E-state index in [2.05, 4.69) is 16.3 Å².